The fourth-order valence-electron chi connectivity index (χ4n) is 3.35. The van der Waals surface area contributed by atoms with Gasteiger partial charge in [0.15, 0.2) is 0 Å². The minimum atomic E-state index is -2.73. The highest BCUT2D eigenvalue weighted by molar-refractivity contribution is 6.20. The molecule has 0 saturated heterocycles. The van der Waals surface area contributed by atoms with E-state index in [0.717, 1.165) is 0 Å². The van der Waals surface area contributed by atoms with Gasteiger partial charge in [-0.3, -0.25) is 14.3 Å². The lowest BCUT2D eigenvalue weighted by atomic mass is 10.1. The van der Waals surface area contributed by atoms with Gasteiger partial charge < -0.3 is 4.84 Å². The van der Waals surface area contributed by atoms with E-state index >= 15 is 0 Å². The lowest BCUT2D eigenvalue weighted by Gasteiger charge is -2.13. The minimum absolute atomic E-state index is 0.144. The Bertz CT molecular complexity index is 903. The molecule has 1 aliphatic heterocycles. The van der Waals surface area contributed by atoms with Crippen molar-refractivity contribution in [1.82, 2.24) is 14.8 Å². The van der Waals surface area contributed by atoms with E-state index in [4.69, 9.17) is 4.84 Å². The summed E-state index contributed by atoms with van der Waals surface area (Å²) in [4.78, 5) is 41.4. The van der Waals surface area contributed by atoms with Crippen molar-refractivity contribution in [2.24, 2.45) is 0 Å². The second kappa shape index (κ2) is 6.01. The molecule has 9 heteroatoms. The first-order valence-electron chi connectivity index (χ1n) is 8.02. The topological polar surface area (TPSA) is 81.5 Å². The first-order valence-corrected chi connectivity index (χ1v) is 8.02. The van der Waals surface area contributed by atoms with E-state index in [2.05, 4.69) is 5.10 Å². The van der Waals surface area contributed by atoms with Crippen LogP contribution in [0, 0.1) is 0 Å². The van der Waals surface area contributed by atoms with E-state index in [1.165, 1.54) is 16.8 Å². The normalized spacial score (nSPS) is 15.6. The van der Waals surface area contributed by atoms with Crippen LogP contribution in [0.3, 0.4) is 0 Å². The van der Waals surface area contributed by atoms with Crippen LogP contribution in [0.25, 0.3) is 0 Å². The van der Waals surface area contributed by atoms with Gasteiger partial charge in [-0.1, -0.05) is 17.2 Å². The van der Waals surface area contributed by atoms with Crippen molar-refractivity contribution >= 4 is 17.8 Å². The Hall–Kier alpha value is -3.10. The Morgan fingerprint density at radius 1 is 1.15 bits per heavy atom. The monoisotopic (exact) mass is 361 g/mol. The summed E-state index contributed by atoms with van der Waals surface area (Å²) in [5.74, 6) is -2.41. The molecule has 1 aromatic carbocycles. The average Bonchev–Trinajstić information content (AvgIpc) is 3.27. The SMILES string of the molecule is O=C(Cn1nc(C(F)F)c2c1CCC2)ON1C(=O)c2ccccc2C1=O. The number of fused-ring (bicyclic) bond motifs is 2. The van der Waals surface area contributed by atoms with E-state index < -0.39 is 30.8 Å². The van der Waals surface area contributed by atoms with E-state index in [1.807, 2.05) is 0 Å². The number of hydroxylamine groups is 2. The lowest BCUT2D eigenvalue weighted by molar-refractivity contribution is -0.169. The van der Waals surface area contributed by atoms with Crippen LogP contribution in [0.1, 0.15) is 50.5 Å². The number of benzene rings is 1. The minimum Gasteiger partial charge on any atom is -0.328 e. The molecule has 2 amide bonds. The maximum Gasteiger partial charge on any atom is 0.354 e. The molecule has 0 bridgehead atoms. The number of carbonyl (C=O) groups excluding carboxylic acids is 3. The number of rotatable bonds is 4. The Kier molecular flexibility index (Phi) is 3.78. The Labute approximate surface area is 146 Å². The third kappa shape index (κ3) is 2.47. The summed E-state index contributed by atoms with van der Waals surface area (Å²) in [6, 6.07) is 6.10. The van der Waals surface area contributed by atoms with Crippen molar-refractivity contribution in [2.75, 3.05) is 0 Å². The van der Waals surface area contributed by atoms with E-state index in [9.17, 15) is 23.2 Å². The smallest absolute Gasteiger partial charge is 0.328 e. The quantitative estimate of drug-likeness (QED) is 0.779. The standard InChI is InChI=1S/C17H13F2N3O4/c18-15(19)14-11-6-3-7-12(11)21(20-14)8-13(23)26-22-16(24)9-4-1-2-5-10(9)17(22)25/h1-2,4-5,15H,3,6-8H2. The fourth-order valence-corrected chi connectivity index (χ4v) is 3.35. The molecule has 1 aliphatic carbocycles. The maximum atomic E-state index is 13.1. The van der Waals surface area contributed by atoms with Gasteiger partial charge in [-0.2, -0.15) is 5.10 Å². The number of hydrogen-bond donors (Lipinski definition) is 0. The molecule has 0 fully saturated rings. The number of alkyl halides is 2. The third-order valence-electron chi connectivity index (χ3n) is 4.47. The third-order valence-corrected chi connectivity index (χ3v) is 4.47. The van der Waals surface area contributed by atoms with Crippen LogP contribution in [0.2, 0.25) is 0 Å². The molecule has 134 valence electrons. The van der Waals surface area contributed by atoms with Gasteiger partial charge in [-0.25, -0.2) is 13.6 Å². The van der Waals surface area contributed by atoms with Crippen molar-refractivity contribution in [1.29, 1.82) is 0 Å². The van der Waals surface area contributed by atoms with Crippen LogP contribution in [0.5, 0.6) is 0 Å². The second-order valence-electron chi connectivity index (χ2n) is 6.04. The van der Waals surface area contributed by atoms with Crippen molar-refractivity contribution < 1.29 is 28.0 Å². The summed E-state index contributed by atoms with van der Waals surface area (Å²) >= 11 is 0. The molecule has 2 aromatic rings. The summed E-state index contributed by atoms with van der Waals surface area (Å²) in [6.07, 6.45) is -0.992. The Balaban J connectivity index is 1.52. The fraction of sp³-hybridized carbons (Fsp3) is 0.294. The first kappa shape index (κ1) is 16.4. The van der Waals surface area contributed by atoms with Gasteiger partial charge in [0.2, 0.25) is 0 Å². The molecule has 1 aromatic heterocycles. The highest BCUT2D eigenvalue weighted by atomic mass is 19.3. The van der Waals surface area contributed by atoms with Crippen LogP contribution in [-0.4, -0.2) is 32.6 Å². The largest absolute Gasteiger partial charge is 0.354 e. The zero-order chi connectivity index (χ0) is 18.4. The molecule has 0 atom stereocenters. The van der Waals surface area contributed by atoms with Crippen molar-refractivity contribution in [2.45, 2.75) is 32.2 Å². The molecule has 0 unspecified atom stereocenters. The van der Waals surface area contributed by atoms with Crippen molar-refractivity contribution in [3.05, 3.63) is 52.3 Å². The number of amides is 2. The van der Waals surface area contributed by atoms with Gasteiger partial charge >= 0.3 is 5.97 Å². The molecule has 0 N–H and O–H groups in total. The number of hydrogen-bond acceptors (Lipinski definition) is 5. The molecule has 2 aliphatic rings. The summed E-state index contributed by atoms with van der Waals surface area (Å²) in [7, 11) is 0. The number of imide groups is 1. The first-order chi connectivity index (χ1) is 12.5. The van der Waals surface area contributed by atoms with Gasteiger partial charge in [-0.05, 0) is 31.4 Å². The van der Waals surface area contributed by atoms with Gasteiger partial charge in [0, 0.05) is 11.3 Å². The van der Waals surface area contributed by atoms with Gasteiger partial charge in [0.25, 0.3) is 18.2 Å². The van der Waals surface area contributed by atoms with Gasteiger partial charge in [-0.15, -0.1) is 0 Å². The zero-order valence-electron chi connectivity index (χ0n) is 13.4. The summed E-state index contributed by atoms with van der Waals surface area (Å²) in [6.45, 7) is -0.456. The van der Waals surface area contributed by atoms with Crippen LogP contribution >= 0.6 is 0 Å². The molecule has 0 saturated carbocycles. The molecule has 0 spiro atoms. The predicted octanol–water partition coefficient (Wildman–Crippen LogP) is 2.06. The molecule has 2 heterocycles. The van der Waals surface area contributed by atoms with Gasteiger partial charge in [0.1, 0.15) is 12.2 Å². The molecule has 0 radical (unpaired) electrons. The highest BCUT2D eigenvalue weighted by Gasteiger charge is 2.39. The summed E-state index contributed by atoms with van der Waals surface area (Å²) in [5.41, 5.74) is 0.995. The molecule has 4 rings (SSSR count). The highest BCUT2D eigenvalue weighted by Crippen LogP contribution is 2.31. The van der Waals surface area contributed by atoms with Crippen LogP contribution in [0.15, 0.2) is 24.3 Å². The predicted molar refractivity (Wildman–Crippen MR) is 82.2 cm³/mol. The van der Waals surface area contributed by atoms with Crippen LogP contribution < -0.4 is 0 Å². The number of nitrogens with zero attached hydrogens (tertiary/aromatic N) is 3. The Morgan fingerprint density at radius 2 is 1.81 bits per heavy atom. The van der Waals surface area contributed by atoms with Crippen LogP contribution in [0.4, 0.5) is 8.78 Å². The molecule has 7 nitrogen and oxygen atoms in total. The second-order valence-corrected chi connectivity index (χ2v) is 6.04. The summed E-state index contributed by atoms with van der Waals surface area (Å²) in [5, 5.41) is 4.19. The Morgan fingerprint density at radius 3 is 2.42 bits per heavy atom. The number of halogens is 2. The number of aromatic nitrogens is 2. The zero-order valence-corrected chi connectivity index (χ0v) is 13.4. The lowest BCUT2D eigenvalue weighted by Crippen LogP contribution is -2.34. The van der Waals surface area contributed by atoms with Crippen molar-refractivity contribution in [3.8, 4) is 0 Å². The maximum absolute atomic E-state index is 13.1. The van der Waals surface area contributed by atoms with Crippen LogP contribution in [-0.2, 0) is 29.0 Å². The van der Waals surface area contributed by atoms with E-state index in [1.54, 1.807) is 12.1 Å². The van der Waals surface area contributed by atoms with E-state index in [-0.39, 0.29) is 16.8 Å². The van der Waals surface area contributed by atoms with Gasteiger partial charge in [0.05, 0.1) is 11.1 Å². The summed E-state index contributed by atoms with van der Waals surface area (Å²) < 4.78 is 27.3. The van der Waals surface area contributed by atoms with E-state index in [0.29, 0.717) is 35.6 Å². The number of carbonyl (C=O) groups is 3. The molecular formula is C17H13F2N3O4. The van der Waals surface area contributed by atoms with Crippen molar-refractivity contribution in [3.63, 3.8) is 0 Å². The average molecular weight is 361 g/mol. The molecular weight excluding hydrogens is 348 g/mol. The molecule has 26 heavy (non-hydrogen) atoms.